The molecule has 4 rings (SSSR count). The van der Waals surface area contributed by atoms with Crippen LogP contribution in [0.2, 0.25) is 0 Å². The number of hydrogen-bond acceptors (Lipinski definition) is 10. The maximum atomic E-state index is 12.8. The number of esters is 2. The van der Waals surface area contributed by atoms with Crippen molar-refractivity contribution in [3.05, 3.63) is 65.5 Å². The topological polar surface area (TPSA) is 136 Å². The number of fused-ring (bicyclic) bond motifs is 1. The van der Waals surface area contributed by atoms with Crippen molar-refractivity contribution in [1.29, 1.82) is 0 Å². The summed E-state index contributed by atoms with van der Waals surface area (Å²) in [5.41, 5.74) is 1.35. The summed E-state index contributed by atoms with van der Waals surface area (Å²) in [4.78, 5) is 47.6. The third-order valence-corrected chi connectivity index (χ3v) is 5.25. The number of aromatic nitrogens is 3. The minimum Gasteiger partial charge on any atom is -0.463 e. The van der Waals surface area contributed by atoms with E-state index in [0.29, 0.717) is 23.2 Å². The highest BCUT2D eigenvalue weighted by atomic mass is 16.7. The van der Waals surface area contributed by atoms with E-state index in [1.165, 1.54) is 24.6 Å². The number of ketones is 2. The number of carbonyl (C=O) groups excluding carboxylic acids is 4. The molecule has 0 fully saturated rings. The molecule has 2 aliphatic rings. The Kier molecular flexibility index (Phi) is 7.28. The SMILES string of the molecule is CC(=O)OC[C@H]1O[C@H](OCCc2cn(C3=CC(=O)c4ccccc4C3=O)nn2)C=C[C@@H]1OC(C)=O. The second-order valence-corrected chi connectivity index (χ2v) is 7.85. The zero-order chi connectivity index (χ0) is 24.9. The van der Waals surface area contributed by atoms with Crippen molar-refractivity contribution in [1.82, 2.24) is 15.0 Å². The smallest absolute Gasteiger partial charge is 0.303 e. The number of hydrogen-bond donors (Lipinski definition) is 0. The van der Waals surface area contributed by atoms with E-state index in [4.69, 9.17) is 18.9 Å². The van der Waals surface area contributed by atoms with E-state index in [-0.39, 0.29) is 30.5 Å². The molecule has 0 saturated carbocycles. The lowest BCUT2D eigenvalue weighted by molar-refractivity contribution is -0.196. The van der Waals surface area contributed by atoms with Crippen LogP contribution in [0.15, 0.2) is 48.7 Å². The molecule has 0 N–H and O–H groups in total. The number of benzene rings is 1. The van der Waals surface area contributed by atoms with Crippen LogP contribution in [-0.2, 0) is 35.0 Å². The van der Waals surface area contributed by atoms with E-state index in [9.17, 15) is 19.2 Å². The quantitative estimate of drug-likeness (QED) is 0.403. The van der Waals surface area contributed by atoms with Crippen LogP contribution in [0.5, 0.6) is 0 Å². The van der Waals surface area contributed by atoms with Crippen LogP contribution in [0.1, 0.15) is 40.3 Å². The van der Waals surface area contributed by atoms with Crippen molar-refractivity contribution in [2.45, 2.75) is 38.8 Å². The highest BCUT2D eigenvalue weighted by Gasteiger charge is 2.31. The van der Waals surface area contributed by atoms with Gasteiger partial charge in [0.1, 0.15) is 24.5 Å². The summed E-state index contributed by atoms with van der Waals surface area (Å²) >= 11 is 0. The van der Waals surface area contributed by atoms with Gasteiger partial charge in [-0.15, -0.1) is 5.10 Å². The number of allylic oxidation sites excluding steroid dienone is 2. The Morgan fingerprint density at radius 3 is 2.60 bits per heavy atom. The Balaban J connectivity index is 1.35. The number of ether oxygens (including phenoxy) is 4. The van der Waals surface area contributed by atoms with E-state index in [0.717, 1.165) is 0 Å². The van der Waals surface area contributed by atoms with Crippen LogP contribution in [0, 0.1) is 0 Å². The molecule has 2 heterocycles. The van der Waals surface area contributed by atoms with Crippen molar-refractivity contribution >= 4 is 29.2 Å². The summed E-state index contributed by atoms with van der Waals surface area (Å²) in [6, 6.07) is 6.62. The van der Waals surface area contributed by atoms with Crippen molar-refractivity contribution in [2.75, 3.05) is 13.2 Å². The maximum Gasteiger partial charge on any atom is 0.303 e. The molecular formula is C24H23N3O8. The van der Waals surface area contributed by atoms with Crippen molar-refractivity contribution in [3.8, 4) is 0 Å². The van der Waals surface area contributed by atoms with Crippen molar-refractivity contribution < 1.29 is 38.1 Å². The van der Waals surface area contributed by atoms with Gasteiger partial charge in [0.05, 0.1) is 18.5 Å². The van der Waals surface area contributed by atoms with Crippen molar-refractivity contribution in [2.24, 2.45) is 0 Å². The standard InChI is InChI=1S/C24H23N3O8/c1-14(28)33-13-22-21(34-15(2)29)7-8-23(35-22)32-10-9-16-12-27(26-25-16)19-11-20(30)17-5-3-4-6-18(17)24(19)31/h3-8,11-12,21-23H,9-10,13H2,1-2H3/t21-,22+,23-/m0/s1. The van der Waals surface area contributed by atoms with Gasteiger partial charge < -0.3 is 18.9 Å². The van der Waals surface area contributed by atoms with Gasteiger partial charge in [0, 0.05) is 37.5 Å². The summed E-state index contributed by atoms with van der Waals surface area (Å²) in [7, 11) is 0. The van der Waals surface area contributed by atoms with Gasteiger partial charge in [-0.05, 0) is 12.2 Å². The predicted molar refractivity (Wildman–Crippen MR) is 119 cm³/mol. The second kappa shape index (κ2) is 10.5. The fourth-order valence-electron chi connectivity index (χ4n) is 3.64. The van der Waals surface area contributed by atoms with E-state index < -0.39 is 30.4 Å². The largest absolute Gasteiger partial charge is 0.463 e. The minimum atomic E-state index is -0.755. The summed E-state index contributed by atoms with van der Waals surface area (Å²) in [5.74, 6) is -1.56. The Morgan fingerprint density at radius 1 is 1.09 bits per heavy atom. The highest BCUT2D eigenvalue weighted by Crippen LogP contribution is 2.23. The first-order valence-electron chi connectivity index (χ1n) is 10.9. The third-order valence-electron chi connectivity index (χ3n) is 5.25. The van der Waals surface area contributed by atoms with Gasteiger partial charge >= 0.3 is 11.9 Å². The first kappa shape index (κ1) is 24.2. The summed E-state index contributed by atoms with van der Waals surface area (Å²) < 4.78 is 22.9. The van der Waals surface area contributed by atoms with Crippen LogP contribution in [0.4, 0.5) is 0 Å². The number of rotatable bonds is 8. The normalized spacial score (nSPS) is 21.3. The Morgan fingerprint density at radius 2 is 1.86 bits per heavy atom. The van der Waals surface area contributed by atoms with Gasteiger partial charge in [-0.2, -0.15) is 0 Å². The van der Waals surface area contributed by atoms with Crippen LogP contribution in [-0.4, -0.2) is 70.2 Å². The first-order chi connectivity index (χ1) is 16.8. The average Bonchev–Trinajstić information content (AvgIpc) is 3.29. The molecule has 0 bridgehead atoms. The fourth-order valence-corrected chi connectivity index (χ4v) is 3.64. The van der Waals surface area contributed by atoms with Crippen LogP contribution >= 0.6 is 0 Å². The predicted octanol–water partition coefficient (Wildman–Crippen LogP) is 1.53. The lowest BCUT2D eigenvalue weighted by Gasteiger charge is -2.31. The third kappa shape index (κ3) is 5.76. The molecule has 1 aromatic heterocycles. The fraction of sp³-hybridized carbons (Fsp3) is 0.333. The summed E-state index contributed by atoms with van der Waals surface area (Å²) in [6.07, 6.45) is 4.20. The Bertz CT molecular complexity index is 1210. The van der Waals surface area contributed by atoms with Gasteiger partial charge in [0.25, 0.3) is 0 Å². The second-order valence-electron chi connectivity index (χ2n) is 7.85. The van der Waals surface area contributed by atoms with E-state index in [1.807, 2.05) is 0 Å². The molecule has 1 aromatic carbocycles. The molecule has 0 amide bonds. The van der Waals surface area contributed by atoms with Gasteiger partial charge in [0.15, 0.2) is 12.1 Å². The molecule has 1 aliphatic carbocycles. The van der Waals surface area contributed by atoms with Gasteiger partial charge in [-0.1, -0.05) is 29.5 Å². The Hall–Kier alpha value is -3.96. The Labute approximate surface area is 200 Å². The maximum absolute atomic E-state index is 12.8. The highest BCUT2D eigenvalue weighted by molar-refractivity contribution is 6.35. The van der Waals surface area contributed by atoms with Gasteiger partial charge in [-0.3, -0.25) is 19.2 Å². The zero-order valence-corrected chi connectivity index (χ0v) is 19.1. The first-order valence-corrected chi connectivity index (χ1v) is 10.9. The van der Waals surface area contributed by atoms with E-state index in [1.54, 1.807) is 42.6 Å². The van der Waals surface area contributed by atoms with Crippen LogP contribution < -0.4 is 0 Å². The number of nitrogens with zero attached hydrogens (tertiary/aromatic N) is 3. The zero-order valence-electron chi connectivity index (χ0n) is 19.1. The molecule has 11 heteroatoms. The minimum absolute atomic E-state index is 0.100. The molecule has 182 valence electrons. The molecule has 35 heavy (non-hydrogen) atoms. The lowest BCUT2D eigenvalue weighted by atomic mass is 9.93. The molecule has 11 nitrogen and oxygen atoms in total. The molecule has 0 unspecified atom stereocenters. The molecule has 3 atom stereocenters. The van der Waals surface area contributed by atoms with Gasteiger partial charge in [-0.25, -0.2) is 4.68 Å². The molecule has 0 radical (unpaired) electrons. The van der Waals surface area contributed by atoms with Crippen LogP contribution in [0.3, 0.4) is 0 Å². The van der Waals surface area contributed by atoms with E-state index in [2.05, 4.69) is 10.3 Å². The monoisotopic (exact) mass is 481 g/mol. The summed E-state index contributed by atoms with van der Waals surface area (Å²) in [6.45, 7) is 2.64. The van der Waals surface area contributed by atoms with Gasteiger partial charge in [0.2, 0.25) is 5.78 Å². The van der Waals surface area contributed by atoms with E-state index >= 15 is 0 Å². The molecular weight excluding hydrogens is 458 g/mol. The molecule has 2 aromatic rings. The van der Waals surface area contributed by atoms with Crippen LogP contribution in [0.25, 0.3) is 5.70 Å². The van der Waals surface area contributed by atoms with Crippen molar-refractivity contribution in [3.63, 3.8) is 0 Å². The average molecular weight is 481 g/mol. The lowest BCUT2D eigenvalue weighted by Crippen LogP contribution is -2.42. The number of Topliss-reactive ketones (excluding diaryl/α,β-unsaturated/α-hetero) is 1. The molecule has 0 saturated heterocycles. The number of carbonyl (C=O) groups is 4. The molecule has 0 spiro atoms. The molecule has 1 aliphatic heterocycles. The summed E-state index contributed by atoms with van der Waals surface area (Å²) in [5, 5.41) is 8.03.